The third-order valence-electron chi connectivity index (χ3n) is 7.69. The summed E-state index contributed by atoms with van der Waals surface area (Å²) in [5.41, 5.74) is 1.48. The van der Waals surface area contributed by atoms with Crippen LogP contribution in [0.25, 0.3) is 0 Å². The van der Waals surface area contributed by atoms with Crippen molar-refractivity contribution >= 4 is 0 Å². The molecule has 1 N–H and O–H groups in total. The topological polar surface area (TPSA) is 42.3 Å². The van der Waals surface area contributed by atoms with Crippen molar-refractivity contribution < 1.29 is 0 Å². The van der Waals surface area contributed by atoms with Gasteiger partial charge in [-0.2, -0.15) is 5.26 Å². The number of rotatable bonds is 6. The summed E-state index contributed by atoms with van der Waals surface area (Å²) in [7, 11) is 0. The molecule has 0 atom stereocenters. The molecule has 1 aromatic rings. The largest absolute Gasteiger partial charge is 0.314 e. The van der Waals surface area contributed by atoms with Crippen molar-refractivity contribution in [2.75, 3.05) is 32.7 Å². The molecule has 172 valence electrons. The number of hydrogen-bond acceptors (Lipinski definition) is 4. The number of nitrogens with zero attached hydrogens (tertiary/aromatic N) is 3. The van der Waals surface area contributed by atoms with Gasteiger partial charge < -0.3 is 5.32 Å². The van der Waals surface area contributed by atoms with Crippen LogP contribution >= 0.6 is 0 Å². The first-order valence-electron chi connectivity index (χ1n) is 12.7. The summed E-state index contributed by atoms with van der Waals surface area (Å²) < 4.78 is 0. The Morgan fingerprint density at radius 3 is 2.19 bits per heavy atom. The molecule has 31 heavy (non-hydrogen) atoms. The molecule has 4 nitrogen and oxygen atoms in total. The van der Waals surface area contributed by atoms with Gasteiger partial charge in [-0.05, 0) is 64.3 Å². The Hall–Kier alpha value is -1.41. The van der Waals surface area contributed by atoms with Gasteiger partial charge in [0.05, 0.1) is 18.0 Å². The fourth-order valence-corrected chi connectivity index (χ4v) is 5.59. The maximum absolute atomic E-state index is 9.39. The van der Waals surface area contributed by atoms with E-state index in [9.17, 15) is 5.26 Å². The quantitative estimate of drug-likeness (QED) is 0.698. The second-order valence-corrected chi connectivity index (χ2v) is 10.2. The van der Waals surface area contributed by atoms with Crippen LogP contribution < -0.4 is 5.32 Å². The van der Waals surface area contributed by atoms with Gasteiger partial charge in [-0.25, -0.2) is 0 Å². The van der Waals surface area contributed by atoms with Crippen LogP contribution in [0.5, 0.6) is 0 Å². The van der Waals surface area contributed by atoms with Gasteiger partial charge >= 0.3 is 0 Å². The van der Waals surface area contributed by atoms with Crippen molar-refractivity contribution in [2.45, 2.75) is 89.8 Å². The van der Waals surface area contributed by atoms with Gasteiger partial charge in [0.25, 0.3) is 0 Å². The van der Waals surface area contributed by atoms with E-state index in [1.165, 1.54) is 63.6 Å². The fraction of sp³-hybridized carbons (Fsp3) is 0.741. The molecule has 0 amide bonds. The minimum absolute atomic E-state index is 0.160. The zero-order valence-corrected chi connectivity index (χ0v) is 20.2. The first-order valence-corrected chi connectivity index (χ1v) is 12.7. The number of hydrogen-bond donors (Lipinski definition) is 1. The van der Waals surface area contributed by atoms with E-state index in [0.717, 1.165) is 31.6 Å². The van der Waals surface area contributed by atoms with Gasteiger partial charge in [0.1, 0.15) is 0 Å². The third kappa shape index (κ3) is 6.78. The molecule has 1 aromatic carbocycles. The van der Waals surface area contributed by atoms with Gasteiger partial charge in [-0.1, -0.05) is 49.7 Å². The standard InChI is InChI=1S/C20H36N4.C7H8/c1-3-12-22-18-8-13-24(14-9-18)20(10-11-21)15-23(16-20)19-6-4-17(2)5-7-19;1-7-5-3-2-4-6-7/h17-19,22H,3-10,12-16H2,1-2H3;2-6H,1H3. The average molecular weight is 425 g/mol. The van der Waals surface area contributed by atoms with Gasteiger partial charge in [0.15, 0.2) is 0 Å². The van der Waals surface area contributed by atoms with E-state index >= 15 is 0 Å². The van der Waals surface area contributed by atoms with E-state index in [0.29, 0.717) is 12.5 Å². The van der Waals surface area contributed by atoms with Gasteiger partial charge in [0.2, 0.25) is 0 Å². The van der Waals surface area contributed by atoms with Crippen LogP contribution in [0.15, 0.2) is 30.3 Å². The molecule has 1 aliphatic carbocycles. The Balaban J connectivity index is 0.000000330. The Bertz CT molecular complexity index is 660. The predicted octanol–water partition coefficient (Wildman–Crippen LogP) is 4.99. The molecule has 2 aliphatic heterocycles. The zero-order valence-electron chi connectivity index (χ0n) is 20.2. The van der Waals surface area contributed by atoms with Crippen molar-refractivity contribution in [3.63, 3.8) is 0 Å². The number of nitrogens with one attached hydrogen (secondary N) is 1. The Morgan fingerprint density at radius 2 is 1.68 bits per heavy atom. The molecule has 4 rings (SSSR count). The SMILES string of the molecule is CCCNC1CCN(C2(CC#N)CN(C3CCC(C)CC3)C2)CC1.Cc1ccccc1. The molecular formula is C27H44N4. The van der Waals surface area contributed by atoms with Gasteiger partial charge in [-0.15, -0.1) is 0 Å². The Morgan fingerprint density at radius 1 is 1.03 bits per heavy atom. The minimum atomic E-state index is 0.160. The van der Waals surface area contributed by atoms with E-state index in [1.807, 2.05) is 18.2 Å². The number of aryl methyl sites for hydroxylation is 1. The molecule has 0 bridgehead atoms. The smallest absolute Gasteiger partial charge is 0.0642 e. The molecule has 0 spiro atoms. The summed E-state index contributed by atoms with van der Waals surface area (Å²) in [5.74, 6) is 0.918. The van der Waals surface area contributed by atoms with E-state index < -0.39 is 0 Å². The van der Waals surface area contributed by atoms with Crippen LogP contribution in [0, 0.1) is 24.2 Å². The first kappa shape index (κ1) is 24.2. The van der Waals surface area contributed by atoms with Crippen LogP contribution in [0.2, 0.25) is 0 Å². The maximum atomic E-state index is 9.39. The van der Waals surface area contributed by atoms with Crippen LogP contribution in [-0.2, 0) is 0 Å². The summed E-state index contributed by atoms with van der Waals surface area (Å²) in [6, 6.07) is 14.2. The minimum Gasteiger partial charge on any atom is -0.314 e. The van der Waals surface area contributed by atoms with Gasteiger partial charge in [-0.3, -0.25) is 9.80 Å². The number of piperidine rings is 1. The van der Waals surface area contributed by atoms with Gasteiger partial charge in [0, 0.05) is 38.3 Å². The normalized spacial score (nSPS) is 26.9. The number of nitriles is 1. The molecule has 2 saturated heterocycles. The molecule has 0 aromatic heterocycles. The highest BCUT2D eigenvalue weighted by Gasteiger charge is 2.50. The molecule has 3 aliphatic rings. The second-order valence-electron chi connectivity index (χ2n) is 10.2. The average Bonchev–Trinajstić information content (AvgIpc) is 2.77. The monoisotopic (exact) mass is 424 g/mol. The highest BCUT2D eigenvalue weighted by molar-refractivity contribution is 5.12. The summed E-state index contributed by atoms with van der Waals surface area (Å²) in [5, 5.41) is 13.1. The molecule has 2 heterocycles. The highest BCUT2D eigenvalue weighted by atomic mass is 15.4. The highest BCUT2D eigenvalue weighted by Crippen LogP contribution is 2.38. The summed E-state index contributed by atoms with van der Waals surface area (Å²) in [4.78, 5) is 5.34. The zero-order chi connectivity index (χ0) is 22.1. The molecular weight excluding hydrogens is 380 g/mol. The van der Waals surface area contributed by atoms with E-state index in [-0.39, 0.29) is 5.54 Å². The van der Waals surface area contributed by atoms with E-state index in [4.69, 9.17) is 0 Å². The first-order chi connectivity index (χ1) is 15.1. The van der Waals surface area contributed by atoms with Crippen molar-refractivity contribution in [1.29, 1.82) is 5.26 Å². The molecule has 0 radical (unpaired) electrons. The fourth-order valence-electron chi connectivity index (χ4n) is 5.59. The Kier molecular flexibility index (Phi) is 9.38. The van der Waals surface area contributed by atoms with Crippen LogP contribution in [0.4, 0.5) is 0 Å². The van der Waals surface area contributed by atoms with Crippen LogP contribution in [0.1, 0.15) is 70.8 Å². The number of benzene rings is 1. The Labute approximate surface area is 191 Å². The lowest BCUT2D eigenvalue weighted by Crippen LogP contribution is -2.73. The number of likely N-dealkylation sites (tertiary alicyclic amines) is 2. The van der Waals surface area contributed by atoms with Crippen LogP contribution in [-0.4, -0.2) is 60.1 Å². The maximum Gasteiger partial charge on any atom is 0.0642 e. The van der Waals surface area contributed by atoms with E-state index in [2.05, 4.69) is 54.1 Å². The summed E-state index contributed by atoms with van der Waals surface area (Å²) in [6.07, 6.45) is 9.93. The molecule has 0 unspecified atom stereocenters. The van der Waals surface area contributed by atoms with E-state index in [1.54, 1.807) is 0 Å². The molecule has 1 saturated carbocycles. The second kappa shape index (κ2) is 12.0. The summed E-state index contributed by atoms with van der Waals surface area (Å²) in [6.45, 7) is 12.4. The van der Waals surface area contributed by atoms with Crippen molar-refractivity contribution in [3.05, 3.63) is 35.9 Å². The predicted molar refractivity (Wildman–Crippen MR) is 130 cm³/mol. The lowest BCUT2D eigenvalue weighted by Gasteiger charge is -2.59. The third-order valence-corrected chi connectivity index (χ3v) is 7.69. The van der Waals surface area contributed by atoms with Crippen molar-refractivity contribution in [2.24, 2.45) is 5.92 Å². The van der Waals surface area contributed by atoms with Crippen molar-refractivity contribution in [3.8, 4) is 6.07 Å². The van der Waals surface area contributed by atoms with Crippen molar-refractivity contribution in [1.82, 2.24) is 15.1 Å². The van der Waals surface area contributed by atoms with Crippen LogP contribution in [0.3, 0.4) is 0 Å². The summed E-state index contributed by atoms with van der Waals surface area (Å²) >= 11 is 0. The molecule has 3 fully saturated rings. The molecule has 4 heteroatoms. The lowest BCUT2D eigenvalue weighted by molar-refractivity contribution is -0.0890. The lowest BCUT2D eigenvalue weighted by atomic mass is 9.78.